The molecule has 1 heterocycles. The Bertz CT molecular complexity index is 1040. The maximum atomic E-state index is 13.8. The van der Waals surface area contributed by atoms with Crippen LogP contribution in [0, 0.1) is 17.8 Å². The standard InChI is InChI=1S/C33H52ClN3O6/c1-33(2,3)43-32(40)37(4)22-28(17-23-11-7-6-8-12-23)36-31(39)26-18-25(20-35-21-26)30(24-13-9-14-27(34)19-24)42-16-10-15-29(38)41-5/h9,13-14,19,23,25-26,28,30,35H,6-8,10-12,15-18,20-22H2,1-5H3,(H,36,39)/t25?,26?,28-,30+/m1/s1. The predicted octanol–water partition coefficient (Wildman–Crippen LogP) is 5.90. The zero-order chi connectivity index (χ0) is 31.4. The number of methoxy groups -OCH3 is 1. The summed E-state index contributed by atoms with van der Waals surface area (Å²) >= 11 is 6.33. The second kappa shape index (κ2) is 17.2. The molecule has 242 valence electrons. The maximum Gasteiger partial charge on any atom is 0.410 e. The van der Waals surface area contributed by atoms with Gasteiger partial charge in [-0.1, -0.05) is 55.8 Å². The van der Waals surface area contributed by atoms with Crippen LogP contribution in [0.3, 0.4) is 0 Å². The van der Waals surface area contributed by atoms with Crippen LogP contribution in [0.15, 0.2) is 24.3 Å². The van der Waals surface area contributed by atoms with Gasteiger partial charge in [-0.25, -0.2) is 4.79 Å². The fourth-order valence-electron chi connectivity index (χ4n) is 6.19. The van der Waals surface area contributed by atoms with Crippen LogP contribution in [-0.4, -0.2) is 74.9 Å². The Hall–Kier alpha value is -2.36. The fourth-order valence-corrected chi connectivity index (χ4v) is 6.39. The van der Waals surface area contributed by atoms with Crippen molar-refractivity contribution in [1.29, 1.82) is 0 Å². The summed E-state index contributed by atoms with van der Waals surface area (Å²) in [7, 11) is 3.12. The Kier molecular flexibility index (Phi) is 14.1. The van der Waals surface area contributed by atoms with Crippen molar-refractivity contribution in [3.63, 3.8) is 0 Å². The molecule has 1 aliphatic heterocycles. The van der Waals surface area contributed by atoms with Crippen molar-refractivity contribution in [2.24, 2.45) is 17.8 Å². The minimum absolute atomic E-state index is 0.00821. The van der Waals surface area contributed by atoms with Gasteiger partial charge in [0.15, 0.2) is 0 Å². The van der Waals surface area contributed by atoms with E-state index in [1.54, 1.807) is 11.9 Å². The molecule has 0 aromatic heterocycles. The number of ether oxygens (including phenoxy) is 3. The van der Waals surface area contributed by atoms with Crippen molar-refractivity contribution in [2.45, 2.75) is 96.3 Å². The molecule has 3 rings (SSSR count). The lowest BCUT2D eigenvalue weighted by Gasteiger charge is -2.36. The number of hydrogen-bond donors (Lipinski definition) is 2. The highest BCUT2D eigenvalue weighted by Gasteiger charge is 2.35. The number of carbonyl (C=O) groups excluding carboxylic acids is 3. The number of rotatable bonds is 13. The number of amides is 2. The number of halogens is 1. The van der Waals surface area contributed by atoms with Crippen molar-refractivity contribution >= 4 is 29.6 Å². The van der Waals surface area contributed by atoms with E-state index in [4.69, 9.17) is 25.8 Å². The molecular formula is C33H52ClN3O6. The lowest BCUT2D eigenvalue weighted by Crippen LogP contribution is -2.51. The molecule has 1 saturated carbocycles. The van der Waals surface area contributed by atoms with Gasteiger partial charge in [0.05, 0.1) is 19.1 Å². The Morgan fingerprint density at radius 2 is 1.88 bits per heavy atom. The summed E-state index contributed by atoms with van der Waals surface area (Å²) in [6, 6.07) is 7.47. The highest BCUT2D eigenvalue weighted by Crippen LogP contribution is 2.34. The minimum Gasteiger partial charge on any atom is -0.469 e. The molecule has 1 aromatic carbocycles. The lowest BCUT2D eigenvalue weighted by atomic mass is 9.82. The molecule has 4 atom stereocenters. The highest BCUT2D eigenvalue weighted by atomic mass is 35.5. The van der Waals surface area contributed by atoms with Crippen LogP contribution in [0.1, 0.15) is 90.2 Å². The smallest absolute Gasteiger partial charge is 0.410 e. The molecule has 2 amide bonds. The van der Waals surface area contributed by atoms with E-state index in [2.05, 4.69) is 10.6 Å². The number of esters is 1. The molecule has 2 N–H and O–H groups in total. The van der Waals surface area contributed by atoms with Gasteiger partial charge < -0.3 is 29.7 Å². The Morgan fingerprint density at radius 1 is 1.14 bits per heavy atom. The van der Waals surface area contributed by atoms with Crippen molar-refractivity contribution in [3.05, 3.63) is 34.9 Å². The molecular weight excluding hydrogens is 570 g/mol. The second-order valence-electron chi connectivity index (χ2n) is 13.2. The molecule has 0 radical (unpaired) electrons. The number of hydrogen-bond acceptors (Lipinski definition) is 7. The number of likely N-dealkylation sites (N-methyl/N-ethyl adjacent to an activating group) is 1. The van der Waals surface area contributed by atoms with Gasteiger partial charge in [-0.2, -0.15) is 0 Å². The summed E-state index contributed by atoms with van der Waals surface area (Å²) in [5, 5.41) is 7.40. The summed E-state index contributed by atoms with van der Waals surface area (Å²) in [6.07, 6.45) is 7.65. The van der Waals surface area contributed by atoms with Gasteiger partial charge >= 0.3 is 12.1 Å². The van der Waals surface area contributed by atoms with Gasteiger partial charge in [-0.3, -0.25) is 9.59 Å². The van der Waals surface area contributed by atoms with Crippen molar-refractivity contribution in [3.8, 4) is 0 Å². The Labute approximate surface area is 262 Å². The molecule has 10 heteroatoms. The average molecular weight is 622 g/mol. The topological polar surface area (TPSA) is 106 Å². The molecule has 43 heavy (non-hydrogen) atoms. The summed E-state index contributed by atoms with van der Waals surface area (Å²) in [6.45, 7) is 7.62. The van der Waals surface area contributed by atoms with Gasteiger partial charge in [0.1, 0.15) is 5.60 Å². The van der Waals surface area contributed by atoms with E-state index in [-0.39, 0.29) is 48.4 Å². The van der Waals surface area contributed by atoms with Gasteiger partial charge in [0, 0.05) is 56.7 Å². The largest absolute Gasteiger partial charge is 0.469 e. The molecule has 1 saturated heterocycles. The van der Waals surface area contributed by atoms with Crippen LogP contribution in [0.25, 0.3) is 0 Å². The van der Waals surface area contributed by atoms with Crippen molar-refractivity contribution < 1.29 is 28.6 Å². The molecule has 1 aromatic rings. The minimum atomic E-state index is -0.586. The second-order valence-corrected chi connectivity index (χ2v) is 13.6. The third-order valence-corrected chi connectivity index (χ3v) is 8.53. The first-order chi connectivity index (χ1) is 20.4. The van der Waals surface area contributed by atoms with E-state index in [1.807, 2.05) is 45.0 Å². The number of benzene rings is 1. The zero-order valence-corrected chi connectivity index (χ0v) is 27.4. The van der Waals surface area contributed by atoms with E-state index >= 15 is 0 Å². The van der Waals surface area contributed by atoms with Crippen LogP contribution >= 0.6 is 11.6 Å². The molecule has 2 aliphatic rings. The van der Waals surface area contributed by atoms with Crippen molar-refractivity contribution in [2.75, 3.05) is 40.4 Å². The summed E-state index contributed by atoms with van der Waals surface area (Å²) in [5.74, 6) is 0.0428. The van der Waals surface area contributed by atoms with E-state index in [1.165, 1.54) is 26.4 Å². The third kappa shape index (κ3) is 12.3. The summed E-state index contributed by atoms with van der Waals surface area (Å²) in [4.78, 5) is 39.7. The zero-order valence-electron chi connectivity index (χ0n) is 26.7. The average Bonchev–Trinajstić information content (AvgIpc) is 2.96. The lowest BCUT2D eigenvalue weighted by molar-refractivity contribution is -0.141. The van der Waals surface area contributed by atoms with E-state index in [9.17, 15) is 14.4 Å². The summed E-state index contributed by atoms with van der Waals surface area (Å²) in [5.41, 5.74) is 0.365. The monoisotopic (exact) mass is 621 g/mol. The van der Waals surface area contributed by atoms with Gasteiger partial charge in [-0.15, -0.1) is 0 Å². The molecule has 2 fully saturated rings. The first-order valence-corrected chi connectivity index (χ1v) is 16.2. The number of piperidine rings is 1. The molecule has 0 spiro atoms. The van der Waals surface area contributed by atoms with Crippen LogP contribution in [0.5, 0.6) is 0 Å². The Balaban J connectivity index is 1.68. The van der Waals surface area contributed by atoms with Gasteiger partial charge in [0.2, 0.25) is 5.91 Å². The third-order valence-electron chi connectivity index (χ3n) is 8.30. The SMILES string of the molecule is COC(=O)CCCO[C@@H](c1cccc(Cl)c1)C1CNCC(C(=O)N[C@H](CC2CCCCC2)CN(C)C(=O)OC(C)(C)C)C1. The van der Waals surface area contributed by atoms with Crippen LogP contribution < -0.4 is 10.6 Å². The quantitative estimate of drug-likeness (QED) is 0.209. The first-order valence-electron chi connectivity index (χ1n) is 15.8. The van der Waals surface area contributed by atoms with Crippen LogP contribution in [0.2, 0.25) is 5.02 Å². The van der Waals surface area contributed by atoms with E-state index in [0.717, 1.165) is 24.8 Å². The van der Waals surface area contributed by atoms with Crippen molar-refractivity contribution in [1.82, 2.24) is 15.5 Å². The van der Waals surface area contributed by atoms with Crippen LogP contribution in [0.4, 0.5) is 4.79 Å². The Morgan fingerprint density at radius 3 is 2.56 bits per heavy atom. The molecule has 1 aliphatic carbocycles. The maximum absolute atomic E-state index is 13.8. The van der Waals surface area contributed by atoms with E-state index in [0.29, 0.717) is 50.0 Å². The summed E-state index contributed by atoms with van der Waals surface area (Å²) < 4.78 is 16.7. The number of nitrogens with zero attached hydrogens (tertiary/aromatic N) is 1. The predicted molar refractivity (Wildman–Crippen MR) is 168 cm³/mol. The fraction of sp³-hybridized carbons (Fsp3) is 0.727. The number of nitrogens with one attached hydrogen (secondary N) is 2. The van der Waals surface area contributed by atoms with Gasteiger partial charge in [-0.05, 0) is 63.6 Å². The normalized spacial score (nSPS) is 21.0. The molecule has 9 nitrogen and oxygen atoms in total. The number of carbonyl (C=O) groups is 3. The highest BCUT2D eigenvalue weighted by molar-refractivity contribution is 6.30. The van der Waals surface area contributed by atoms with Crippen LogP contribution in [-0.2, 0) is 23.8 Å². The molecule has 0 bridgehead atoms. The van der Waals surface area contributed by atoms with Gasteiger partial charge in [0.25, 0.3) is 0 Å². The van der Waals surface area contributed by atoms with E-state index < -0.39 is 5.60 Å². The first kappa shape index (κ1) is 35.1. The molecule has 2 unspecified atom stereocenters.